The molecule has 0 radical (unpaired) electrons. The summed E-state index contributed by atoms with van der Waals surface area (Å²) in [5, 5.41) is 0. The first-order chi connectivity index (χ1) is 2.00. The molecule has 0 atom stereocenters. The molecule has 0 saturated heterocycles. The predicted octanol–water partition coefficient (Wildman–Crippen LogP) is -3.40. The number of rotatable bonds is 0. The summed E-state index contributed by atoms with van der Waals surface area (Å²) in [4.78, 5) is 0. The molecule has 0 aliphatic rings. The summed E-state index contributed by atoms with van der Waals surface area (Å²) in [6.07, 6.45) is 0. The van der Waals surface area contributed by atoms with Crippen molar-refractivity contribution in [1.29, 1.82) is 0 Å². The molecule has 0 saturated carbocycles. The summed E-state index contributed by atoms with van der Waals surface area (Å²) >= 11 is 2.65. The van der Waals surface area contributed by atoms with Gasteiger partial charge >= 0.3 is 38.7 Å². The zero-order chi connectivity index (χ0) is 4.50. The first-order valence-corrected chi connectivity index (χ1v) is 3.19. The van der Waals surface area contributed by atoms with Crippen LogP contribution in [0.25, 0.3) is 0 Å². The molecule has 0 aliphatic carbocycles. The molecule has 0 amide bonds. The van der Waals surface area contributed by atoms with E-state index in [1.807, 2.05) is 0 Å². The van der Waals surface area contributed by atoms with Gasteiger partial charge in [0.25, 0.3) is 0 Å². The van der Waals surface area contributed by atoms with E-state index in [-0.39, 0.29) is 46.0 Å². The van der Waals surface area contributed by atoms with Crippen molar-refractivity contribution in [1.82, 2.24) is 0 Å². The van der Waals surface area contributed by atoms with Crippen molar-refractivity contribution in [3.05, 3.63) is 0 Å². The Balaban J connectivity index is -0.0000000133. The van der Waals surface area contributed by atoms with Crippen LogP contribution in [-0.4, -0.2) is 59.0 Å². The fourth-order valence-electron chi connectivity index (χ4n) is 0. The molecule has 6 nitrogen and oxygen atoms in total. The van der Waals surface area contributed by atoms with E-state index in [0.717, 1.165) is 0 Å². The molecule has 0 heterocycles. The van der Waals surface area contributed by atoms with Gasteiger partial charge in [0, 0.05) is 0 Å². The van der Waals surface area contributed by atoms with Crippen LogP contribution in [-0.2, 0) is 9.15 Å². The summed E-state index contributed by atoms with van der Waals surface area (Å²) in [5.41, 5.74) is 0. The van der Waals surface area contributed by atoms with E-state index < -0.39 is 9.15 Å². The third-order valence-electron chi connectivity index (χ3n) is 0. The van der Waals surface area contributed by atoms with Gasteiger partial charge in [0.1, 0.15) is 0 Å². The molecule has 0 rings (SSSR count). The number of thiol groups is 1. The quantitative estimate of drug-likeness (QED) is 0.178. The van der Waals surface area contributed by atoms with Crippen LogP contribution in [0.3, 0.4) is 0 Å². The van der Waals surface area contributed by atoms with Crippen LogP contribution < -0.4 is 0 Å². The fraction of sp³-hybridized carbons (Fsp3) is 0. The zero-order valence-corrected chi connectivity index (χ0v) is 5.33. The Hall–Kier alpha value is 1.14. The maximum atomic E-state index is 9.05. The molecule has 0 aromatic heterocycles. The minimum atomic E-state index is -3.97. The first-order valence-electron chi connectivity index (χ1n) is 0.698. The average molecular weight is 192 g/mol. The van der Waals surface area contributed by atoms with Crippen molar-refractivity contribution < 1.29 is 29.4 Å². The van der Waals surface area contributed by atoms with Crippen LogP contribution in [0.1, 0.15) is 0 Å². The molecular weight excluding hydrogens is 183 g/mol. The molecule has 9 heteroatoms. The summed E-state index contributed by atoms with van der Waals surface area (Å²) in [7, 11) is -3.97. The summed E-state index contributed by atoms with van der Waals surface area (Å²) in [6.45, 7) is 0. The molecule has 0 bridgehead atoms. The molecular formula is H9NaO6S2. The third-order valence-corrected chi connectivity index (χ3v) is 0. The van der Waals surface area contributed by atoms with E-state index in [2.05, 4.69) is 11.7 Å². The topological polar surface area (TPSA) is 149 Å². The van der Waals surface area contributed by atoms with Gasteiger partial charge in [0.15, 0.2) is 0 Å². The Kier molecular flexibility index (Phi) is 42.3. The predicted molar refractivity (Wildman–Crippen MR) is 38.5 cm³/mol. The number of hydrogen-bond donors (Lipinski definition) is 2. The van der Waals surface area contributed by atoms with E-state index in [1.54, 1.807) is 0 Å². The van der Waals surface area contributed by atoms with Gasteiger partial charge < -0.3 is 16.4 Å². The average Bonchev–Trinajstić information content (AvgIpc) is 0.722. The van der Waals surface area contributed by atoms with Gasteiger partial charge in [-0.25, -0.2) is 0 Å². The van der Waals surface area contributed by atoms with Gasteiger partial charge in [-0.3, -0.25) is 4.55 Å². The van der Waals surface area contributed by atoms with Crippen LogP contribution >= 0.6 is 11.7 Å². The van der Waals surface area contributed by atoms with Crippen molar-refractivity contribution in [2.24, 2.45) is 0 Å². The van der Waals surface area contributed by atoms with E-state index >= 15 is 0 Å². The SMILES string of the molecule is O.O.O.O=S(=O)(O)S.[NaH]. The van der Waals surface area contributed by atoms with Gasteiger partial charge in [0.05, 0.1) is 0 Å². The third kappa shape index (κ3) is 359. The zero-order valence-electron chi connectivity index (χ0n) is 3.62. The Morgan fingerprint density at radius 2 is 1.11 bits per heavy atom. The Bertz CT molecular complexity index is 94.2. The molecule has 0 unspecified atom stereocenters. The van der Waals surface area contributed by atoms with Crippen LogP contribution in [0.2, 0.25) is 0 Å². The van der Waals surface area contributed by atoms with Crippen LogP contribution in [0.4, 0.5) is 0 Å². The first kappa shape index (κ1) is 32.1. The standard InChI is InChI=1S/Na.H2O3S2.3H2O.H/c;1-5(2,3)4;;;;/h;(H2,1,2,3,4);3*1H2;. The van der Waals surface area contributed by atoms with Gasteiger partial charge in [0.2, 0.25) is 0 Å². The molecule has 58 valence electrons. The normalized spacial score (nSPS) is 6.44. The molecule has 0 fully saturated rings. The molecule has 0 aromatic carbocycles. The monoisotopic (exact) mass is 192 g/mol. The minimum absolute atomic E-state index is 0. The van der Waals surface area contributed by atoms with Gasteiger partial charge in [-0.15, -0.1) is 0 Å². The summed E-state index contributed by atoms with van der Waals surface area (Å²) in [6, 6.07) is 0. The van der Waals surface area contributed by atoms with Crippen molar-refractivity contribution >= 4 is 50.4 Å². The Labute approximate surface area is 79.4 Å². The van der Waals surface area contributed by atoms with Crippen LogP contribution in [0.5, 0.6) is 0 Å². The molecule has 0 aromatic rings. The maximum absolute atomic E-state index is 9.05. The van der Waals surface area contributed by atoms with E-state index in [0.29, 0.717) is 0 Å². The second-order valence-electron chi connectivity index (χ2n) is 0.448. The Morgan fingerprint density at radius 1 is 1.11 bits per heavy atom. The Morgan fingerprint density at radius 3 is 1.11 bits per heavy atom. The van der Waals surface area contributed by atoms with Crippen molar-refractivity contribution in [3.63, 3.8) is 0 Å². The van der Waals surface area contributed by atoms with E-state index in [4.69, 9.17) is 13.0 Å². The van der Waals surface area contributed by atoms with Gasteiger partial charge in [-0.1, -0.05) is 0 Å². The summed E-state index contributed by atoms with van der Waals surface area (Å²) < 4.78 is 25.5. The van der Waals surface area contributed by atoms with Gasteiger partial charge in [-0.05, 0) is 11.7 Å². The molecule has 0 aliphatic heterocycles. The fourth-order valence-corrected chi connectivity index (χ4v) is 0. The number of hydrogen-bond acceptors (Lipinski definition) is 2. The molecule has 9 heavy (non-hydrogen) atoms. The second kappa shape index (κ2) is 11.9. The van der Waals surface area contributed by atoms with E-state index in [9.17, 15) is 0 Å². The van der Waals surface area contributed by atoms with E-state index in [1.165, 1.54) is 0 Å². The molecule has 7 N–H and O–H groups in total. The van der Waals surface area contributed by atoms with Crippen molar-refractivity contribution in [2.75, 3.05) is 0 Å². The summed E-state index contributed by atoms with van der Waals surface area (Å²) in [5.74, 6) is 0. The van der Waals surface area contributed by atoms with Crippen molar-refractivity contribution in [2.45, 2.75) is 0 Å². The van der Waals surface area contributed by atoms with Gasteiger partial charge in [-0.2, -0.15) is 8.42 Å². The second-order valence-corrected chi connectivity index (χ2v) is 2.73. The molecule has 0 spiro atoms. The van der Waals surface area contributed by atoms with Crippen molar-refractivity contribution in [3.8, 4) is 0 Å². The van der Waals surface area contributed by atoms with Crippen LogP contribution in [0, 0.1) is 0 Å². The van der Waals surface area contributed by atoms with Crippen LogP contribution in [0.15, 0.2) is 0 Å².